The van der Waals surface area contributed by atoms with E-state index in [-0.39, 0.29) is 22.5 Å². The maximum absolute atomic E-state index is 11.8. The zero-order valence-electron chi connectivity index (χ0n) is 9.16. The summed E-state index contributed by atoms with van der Waals surface area (Å²) < 4.78 is 30.6. The van der Waals surface area contributed by atoms with Gasteiger partial charge in [-0.3, -0.25) is 0 Å². The first-order chi connectivity index (χ1) is 8.47. The Morgan fingerprint density at radius 1 is 1.39 bits per heavy atom. The van der Waals surface area contributed by atoms with E-state index in [1.807, 2.05) is 0 Å². The van der Waals surface area contributed by atoms with Crippen molar-refractivity contribution in [3.63, 3.8) is 0 Å². The molecule has 8 nitrogen and oxygen atoms in total. The summed E-state index contributed by atoms with van der Waals surface area (Å²) in [6, 6.07) is 0. The van der Waals surface area contributed by atoms with Crippen LogP contribution < -0.4 is 4.72 Å². The molecule has 0 aliphatic heterocycles. The van der Waals surface area contributed by atoms with Gasteiger partial charge in [0, 0.05) is 6.92 Å². The molecule has 0 spiro atoms. The first-order valence-corrected chi connectivity index (χ1v) is 6.60. The van der Waals surface area contributed by atoms with Gasteiger partial charge < -0.3 is 4.52 Å². The summed E-state index contributed by atoms with van der Waals surface area (Å²) in [6.07, 6.45) is 2.22. The van der Waals surface area contributed by atoms with E-state index in [4.69, 9.17) is 16.1 Å². The third kappa shape index (κ3) is 3.00. The normalized spacial score (nSPS) is 11.7. The van der Waals surface area contributed by atoms with E-state index in [1.54, 1.807) is 6.92 Å². The number of hydrogen-bond acceptors (Lipinski definition) is 7. The number of aryl methyl sites for hydroxylation is 1. The fraction of sp³-hybridized carbons (Fsp3) is 0.250. The highest BCUT2D eigenvalue weighted by Gasteiger charge is 2.16. The second-order valence-corrected chi connectivity index (χ2v) is 5.35. The molecule has 0 saturated heterocycles. The van der Waals surface area contributed by atoms with Crippen LogP contribution >= 0.6 is 11.6 Å². The molecule has 0 radical (unpaired) electrons. The SMILES string of the molecule is Cc1nc(CNS(=O)(=O)c2cnc(Cl)nc2)no1. The summed E-state index contributed by atoms with van der Waals surface area (Å²) in [6.45, 7) is 1.53. The molecule has 2 aromatic heterocycles. The van der Waals surface area contributed by atoms with Crippen molar-refractivity contribution < 1.29 is 12.9 Å². The molecule has 96 valence electrons. The molecule has 0 aliphatic carbocycles. The Kier molecular flexibility index (Phi) is 3.55. The highest BCUT2D eigenvalue weighted by molar-refractivity contribution is 7.89. The van der Waals surface area contributed by atoms with E-state index in [0.717, 1.165) is 12.4 Å². The van der Waals surface area contributed by atoms with Gasteiger partial charge in [0.05, 0.1) is 18.9 Å². The van der Waals surface area contributed by atoms with Crippen LogP contribution in [0.3, 0.4) is 0 Å². The standard InChI is InChI=1S/C8H8ClN5O3S/c1-5-13-7(14-17-5)4-12-18(15,16)6-2-10-8(9)11-3-6/h2-3,12H,4H2,1H3. The van der Waals surface area contributed by atoms with E-state index >= 15 is 0 Å². The molecular weight excluding hydrogens is 282 g/mol. The van der Waals surface area contributed by atoms with Gasteiger partial charge in [-0.2, -0.15) is 4.98 Å². The van der Waals surface area contributed by atoms with Gasteiger partial charge in [-0.1, -0.05) is 5.16 Å². The Morgan fingerprint density at radius 3 is 2.61 bits per heavy atom. The van der Waals surface area contributed by atoms with Gasteiger partial charge in [0.25, 0.3) is 0 Å². The zero-order chi connectivity index (χ0) is 13.2. The Bertz CT molecular complexity index is 639. The molecule has 0 saturated carbocycles. The molecule has 10 heteroatoms. The van der Waals surface area contributed by atoms with Crippen molar-refractivity contribution in [3.8, 4) is 0 Å². The van der Waals surface area contributed by atoms with Crippen LogP contribution in [0.5, 0.6) is 0 Å². The monoisotopic (exact) mass is 289 g/mol. The summed E-state index contributed by atoms with van der Waals surface area (Å²) in [7, 11) is -3.72. The molecule has 0 bridgehead atoms. The molecule has 1 N–H and O–H groups in total. The van der Waals surface area contributed by atoms with E-state index in [1.165, 1.54) is 0 Å². The molecule has 0 fully saturated rings. The molecule has 0 atom stereocenters. The first-order valence-electron chi connectivity index (χ1n) is 4.74. The van der Waals surface area contributed by atoms with Crippen molar-refractivity contribution in [2.45, 2.75) is 18.4 Å². The maximum atomic E-state index is 11.8. The van der Waals surface area contributed by atoms with Gasteiger partial charge in [-0.15, -0.1) is 0 Å². The number of nitrogens with one attached hydrogen (secondary N) is 1. The minimum absolute atomic E-state index is 0.0252. The summed E-state index contributed by atoms with van der Waals surface area (Å²) in [5, 5.41) is 3.54. The Hall–Kier alpha value is -1.58. The van der Waals surface area contributed by atoms with Crippen LogP contribution in [-0.4, -0.2) is 28.5 Å². The van der Waals surface area contributed by atoms with Crippen molar-refractivity contribution >= 4 is 21.6 Å². The summed E-state index contributed by atoms with van der Waals surface area (Å²) >= 11 is 5.47. The minimum Gasteiger partial charge on any atom is -0.340 e. The number of nitrogens with zero attached hydrogens (tertiary/aromatic N) is 4. The fourth-order valence-corrected chi connectivity index (χ4v) is 2.06. The predicted molar refractivity (Wildman–Crippen MR) is 60.1 cm³/mol. The predicted octanol–water partition coefficient (Wildman–Crippen LogP) is 0.300. The average molecular weight is 290 g/mol. The summed E-state index contributed by atoms with van der Waals surface area (Å²) in [4.78, 5) is 11.0. The molecule has 2 aromatic rings. The van der Waals surface area contributed by atoms with E-state index in [0.29, 0.717) is 5.89 Å². The number of halogens is 1. The van der Waals surface area contributed by atoms with Crippen molar-refractivity contribution in [3.05, 3.63) is 29.4 Å². The van der Waals surface area contributed by atoms with Gasteiger partial charge in [0.2, 0.25) is 21.2 Å². The molecule has 0 amide bonds. The largest absolute Gasteiger partial charge is 0.340 e. The second-order valence-electron chi connectivity index (χ2n) is 3.24. The van der Waals surface area contributed by atoms with Crippen molar-refractivity contribution in [2.75, 3.05) is 0 Å². The van der Waals surface area contributed by atoms with Crippen LogP contribution in [0.4, 0.5) is 0 Å². The van der Waals surface area contributed by atoms with Gasteiger partial charge in [0.1, 0.15) is 4.90 Å². The number of hydrogen-bond donors (Lipinski definition) is 1. The van der Waals surface area contributed by atoms with Gasteiger partial charge in [-0.25, -0.2) is 23.1 Å². The highest BCUT2D eigenvalue weighted by Crippen LogP contribution is 2.08. The molecule has 0 unspecified atom stereocenters. The quantitative estimate of drug-likeness (QED) is 0.806. The average Bonchev–Trinajstić information content (AvgIpc) is 2.73. The van der Waals surface area contributed by atoms with Crippen molar-refractivity contribution in [2.24, 2.45) is 0 Å². The third-order valence-corrected chi connectivity index (χ3v) is 3.45. The maximum Gasteiger partial charge on any atom is 0.244 e. The lowest BCUT2D eigenvalue weighted by Gasteiger charge is -2.03. The lowest BCUT2D eigenvalue weighted by molar-refractivity contribution is 0.387. The second kappa shape index (κ2) is 4.96. The van der Waals surface area contributed by atoms with Crippen LogP contribution in [0.25, 0.3) is 0 Å². The van der Waals surface area contributed by atoms with Crippen LogP contribution in [0.1, 0.15) is 11.7 Å². The Morgan fingerprint density at radius 2 is 2.06 bits per heavy atom. The van der Waals surface area contributed by atoms with E-state index < -0.39 is 10.0 Å². The number of aromatic nitrogens is 4. The highest BCUT2D eigenvalue weighted by atomic mass is 35.5. The van der Waals surface area contributed by atoms with Crippen LogP contribution in [0.2, 0.25) is 5.28 Å². The number of rotatable bonds is 4. The van der Waals surface area contributed by atoms with E-state index in [2.05, 4.69) is 24.8 Å². The van der Waals surface area contributed by atoms with Gasteiger partial charge >= 0.3 is 0 Å². The fourth-order valence-electron chi connectivity index (χ4n) is 1.10. The van der Waals surface area contributed by atoms with Crippen LogP contribution in [0.15, 0.2) is 21.8 Å². The molecule has 0 aliphatic rings. The third-order valence-electron chi connectivity index (χ3n) is 1.90. The van der Waals surface area contributed by atoms with Gasteiger partial charge in [-0.05, 0) is 11.6 Å². The topological polar surface area (TPSA) is 111 Å². The van der Waals surface area contributed by atoms with Crippen LogP contribution in [-0.2, 0) is 16.6 Å². The molecule has 2 heterocycles. The Labute approximate surface area is 107 Å². The molecule has 0 aromatic carbocycles. The first kappa shape index (κ1) is 12.9. The summed E-state index contributed by atoms with van der Waals surface area (Å²) in [5.41, 5.74) is 0. The van der Waals surface area contributed by atoms with Crippen molar-refractivity contribution in [1.29, 1.82) is 0 Å². The minimum atomic E-state index is -3.72. The molecular formula is C8H8ClN5O3S. The lowest BCUT2D eigenvalue weighted by Crippen LogP contribution is -2.24. The van der Waals surface area contributed by atoms with E-state index in [9.17, 15) is 8.42 Å². The molecule has 18 heavy (non-hydrogen) atoms. The molecule has 2 rings (SSSR count). The van der Waals surface area contributed by atoms with Crippen molar-refractivity contribution in [1.82, 2.24) is 24.8 Å². The van der Waals surface area contributed by atoms with Gasteiger partial charge in [0.15, 0.2) is 5.82 Å². The van der Waals surface area contributed by atoms with Crippen LogP contribution in [0, 0.1) is 6.92 Å². The zero-order valence-corrected chi connectivity index (χ0v) is 10.7. The Balaban J connectivity index is 2.10. The lowest BCUT2D eigenvalue weighted by atomic mass is 10.6. The smallest absolute Gasteiger partial charge is 0.244 e. The number of sulfonamides is 1. The summed E-state index contributed by atoms with van der Waals surface area (Å²) in [5.74, 6) is 0.602.